The first-order valence-corrected chi connectivity index (χ1v) is 10.9. The molecule has 2 heterocycles. The van der Waals surface area contributed by atoms with Crippen LogP contribution in [0.3, 0.4) is 0 Å². The van der Waals surface area contributed by atoms with Gasteiger partial charge in [0.05, 0.1) is 16.8 Å². The molecule has 1 aromatic heterocycles. The Bertz CT molecular complexity index is 1170. The molecule has 0 saturated carbocycles. The molecule has 3 aromatic rings. The Labute approximate surface area is 183 Å². The van der Waals surface area contributed by atoms with Crippen LogP contribution in [0.1, 0.15) is 63.7 Å². The van der Waals surface area contributed by atoms with E-state index in [9.17, 15) is 9.59 Å². The zero-order chi connectivity index (χ0) is 22.1. The first kappa shape index (κ1) is 21.0. The van der Waals surface area contributed by atoms with Gasteiger partial charge in [-0.1, -0.05) is 11.6 Å². The Kier molecular flexibility index (Phi) is 5.77. The Hall–Kier alpha value is -3.21. The van der Waals surface area contributed by atoms with Crippen molar-refractivity contribution in [1.82, 2.24) is 9.88 Å². The molecule has 0 radical (unpaired) electrons. The van der Waals surface area contributed by atoms with Gasteiger partial charge in [0.2, 0.25) is 0 Å². The molecule has 160 valence electrons. The lowest BCUT2D eigenvalue weighted by molar-refractivity contribution is 0.0635. The van der Waals surface area contributed by atoms with Gasteiger partial charge >= 0.3 is 0 Å². The molecule has 1 N–H and O–H groups in total. The molecule has 0 bridgehead atoms. The second-order valence-electron chi connectivity index (χ2n) is 8.64. The van der Waals surface area contributed by atoms with Crippen LogP contribution in [0.2, 0.25) is 0 Å². The minimum Gasteiger partial charge on any atom is -0.336 e. The number of amides is 2. The Morgan fingerprint density at radius 3 is 2.58 bits per heavy atom. The van der Waals surface area contributed by atoms with Gasteiger partial charge in [-0.05, 0) is 88.9 Å². The monoisotopic (exact) mass is 415 g/mol. The van der Waals surface area contributed by atoms with Gasteiger partial charge in [0.25, 0.3) is 11.8 Å². The Morgan fingerprint density at radius 2 is 1.84 bits per heavy atom. The summed E-state index contributed by atoms with van der Waals surface area (Å²) in [5.41, 5.74) is 5.50. The van der Waals surface area contributed by atoms with E-state index in [1.165, 1.54) is 6.42 Å². The molecule has 1 fully saturated rings. The molecule has 1 saturated heterocycles. The summed E-state index contributed by atoms with van der Waals surface area (Å²) in [6, 6.07) is 13.7. The third-order valence-corrected chi connectivity index (χ3v) is 6.19. The van der Waals surface area contributed by atoms with Crippen molar-refractivity contribution in [3.8, 4) is 0 Å². The van der Waals surface area contributed by atoms with Gasteiger partial charge < -0.3 is 10.2 Å². The number of fused-ring (bicyclic) bond motifs is 1. The number of piperidine rings is 1. The number of anilines is 1. The lowest BCUT2D eigenvalue weighted by atomic mass is 10.0. The van der Waals surface area contributed by atoms with Crippen LogP contribution in [-0.2, 0) is 0 Å². The summed E-state index contributed by atoms with van der Waals surface area (Å²) in [5.74, 6) is -0.127. The lowest BCUT2D eigenvalue weighted by Crippen LogP contribution is -2.42. The van der Waals surface area contributed by atoms with Gasteiger partial charge in [0, 0.05) is 29.2 Å². The highest BCUT2D eigenvalue weighted by Crippen LogP contribution is 2.24. The first-order chi connectivity index (χ1) is 14.8. The van der Waals surface area contributed by atoms with Crippen LogP contribution >= 0.6 is 0 Å². The van der Waals surface area contributed by atoms with E-state index < -0.39 is 0 Å². The Morgan fingerprint density at radius 1 is 1.03 bits per heavy atom. The summed E-state index contributed by atoms with van der Waals surface area (Å²) >= 11 is 0. The summed E-state index contributed by atoms with van der Waals surface area (Å²) < 4.78 is 0. The molecule has 1 atom stereocenters. The first-order valence-electron chi connectivity index (χ1n) is 10.9. The van der Waals surface area contributed by atoms with Gasteiger partial charge in [-0.15, -0.1) is 0 Å². The quantitative estimate of drug-likeness (QED) is 0.621. The van der Waals surface area contributed by atoms with Crippen LogP contribution < -0.4 is 5.32 Å². The number of carbonyl (C=O) groups is 2. The second kappa shape index (κ2) is 8.50. The molecule has 1 unspecified atom stereocenters. The zero-order valence-corrected chi connectivity index (χ0v) is 18.7. The number of hydrogen-bond acceptors (Lipinski definition) is 3. The summed E-state index contributed by atoms with van der Waals surface area (Å²) in [6.07, 6.45) is 3.29. The van der Waals surface area contributed by atoms with E-state index in [0.717, 1.165) is 41.4 Å². The van der Waals surface area contributed by atoms with Crippen LogP contribution in [0.15, 0.2) is 42.5 Å². The standard InChI is InChI=1S/C26H29N3O2/c1-16-8-10-24-21(13-16)15-22(19(4)27-24)25(30)28-23-11-9-20(14-17(23)2)26(31)29-12-6-5-7-18(29)3/h8-11,13-15,18H,5-7,12H2,1-4H3,(H,28,30). The fraction of sp³-hybridized carbons (Fsp3) is 0.346. The van der Waals surface area contributed by atoms with E-state index in [1.807, 2.05) is 62.1 Å². The normalized spacial score (nSPS) is 16.4. The molecule has 31 heavy (non-hydrogen) atoms. The number of nitrogens with zero attached hydrogens (tertiary/aromatic N) is 2. The minimum atomic E-state index is -0.194. The molecule has 5 nitrogen and oxygen atoms in total. The van der Waals surface area contributed by atoms with Crippen molar-refractivity contribution in [2.24, 2.45) is 0 Å². The zero-order valence-electron chi connectivity index (χ0n) is 18.7. The maximum atomic E-state index is 13.0. The molecule has 2 aromatic carbocycles. The number of nitrogens with one attached hydrogen (secondary N) is 1. The number of aryl methyl sites for hydroxylation is 3. The maximum absolute atomic E-state index is 13.0. The molecular formula is C26H29N3O2. The summed E-state index contributed by atoms with van der Waals surface area (Å²) in [4.78, 5) is 32.5. The SMILES string of the molecule is Cc1ccc2nc(C)c(C(=O)Nc3ccc(C(=O)N4CCCCC4C)cc3C)cc2c1. The van der Waals surface area contributed by atoms with Crippen molar-refractivity contribution in [3.05, 3.63) is 70.4 Å². The fourth-order valence-electron chi connectivity index (χ4n) is 4.31. The topological polar surface area (TPSA) is 62.3 Å². The third-order valence-electron chi connectivity index (χ3n) is 6.19. The number of pyridine rings is 1. The summed E-state index contributed by atoms with van der Waals surface area (Å²) in [7, 11) is 0. The Balaban J connectivity index is 1.55. The molecule has 5 heteroatoms. The molecule has 2 amide bonds. The number of likely N-dealkylation sites (tertiary alicyclic amines) is 1. The summed E-state index contributed by atoms with van der Waals surface area (Å²) in [6.45, 7) is 8.71. The molecule has 4 rings (SSSR count). The second-order valence-corrected chi connectivity index (χ2v) is 8.64. The van der Waals surface area contributed by atoms with E-state index in [0.29, 0.717) is 22.5 Å². The largest absolute Gasteiger partial charge is 0.336 e. The highest BCUT2D eigenvalue weighted by molar-refractivity contribution is 6.07. The third kappa shape index (κ3) is 4.31. The predicted molar refractivity (Wildman–Crippen MR) is 125 cm³/mol. The van der Waals surface area contributed by atoms with E-state index in [1.54, 1.807) is 6.07 Å². The fourth-order valence-corrected chi connectivity index (χ4v) is 4.31. The van der Waals surface area contributed by atoms with E-state index in [4.69, 9.17) is 0 Å². The molecule has 1 aliphatic heterocycles. The van der Waals surface area contributed by atoms with Crippen molar-refractivity contribution in [2.45, 2.75) is 53.0 Å². The average molecular weight is 416 g/mol. The van der Waals surface area contributed by atoms with Crippen LogP contribution in [0.25, 0.3) is 10.9 Å². The van der Waals surface area contributed by atoms with Crippen molar-refractivity contribution in [3.63, 3.8) is 0 Å². The van der Waals surface area contributed by atoms with Crippen molar-refractivity contribution in [1.29, 1.82) is 0 Å². The van der Waals surface area contributed by atoms with E-state index in [-0.39, 0.29) is 17.9 Å². The van der Waals surface area contributed by atoms with Crippen LogP contribution in [0, 0.1) is 20.8 Å². The number of carbonyl (C=O) groups excluding carboxylic acids is 2. The van der Waals surface area contributed by atoms with Crippen LogP contribution in [-0.4, -0.2) is 34.3 Å². The van der Waals surface area contributed by atoms with Crippen molar-refractivity contribution >= 4 is 28.4 Å². The lowest BCUT2D eigenvalue weighted by Gasteiger charge is -2.33. The summed E-state index contributed by atoms with van der Waals surface area (Å²) in [5, 5.41) is 3.95. The molecular weight excluding hydrogens is 386 g/mol. The average Bonchev–Trinajstić information content (AvgIpc) is 2.74. The van der Waals surface area contributed by atoms with Crippen LogP contribution in [0.5, 0.6) is 0 Å². The minimum absolute atomic E-state index is 0.0677. The van der Waals surface area contributed by atoms with Gasteiger partial charge in [0.15, 0.2) is 0 Å². The maximum Gasteiger partial charge on any atom is 0.257 e. The van der Waals surface area contributed by atoms with E-state index in [2.05, 4.69) is 17.2 Å². The number of rotatable bonds is 3. The smallest absolute Gasteiger partial charge is 0.257 e. The van der Waals surface area contributed by atoms with Crippen molar-refractivity contribution < 1.29 is 9.59 Å². The van der Waals surface area contributed by atoms with Gasteiger partial charge in [-0.2, -0.15) is 0 Å². The highest BCUT2D eigenvalue weighted by Gasteiger charge is 2.24. The van der Waals surface area contributed by atoms with Gasteiger partial charge in [-0.3, -0.25) is 14.6 Å². The molecule has 0 aliphatic carbocycles. The number of benzene rings is 2. The van der Waals surface area contributed by atoms with Gasteiger partial charge in [-0.25, -0.2) is 0 Å². The highest BCUT2D eigenvalue weighted by atomic mass is 16.2. The predicted octanol–water partition coefficient (Wildman–Crippen LogP) is 5.43. The molecule has 1 aliphatic rings. The molecule has 0 spiro atoms. The number of aromatic nitrogens is 1. The number of hydrogen-bond donors (Lipinski definition) is 1. The van der Waals surface area contributed by atoms with Crippen molar-refractivity contribution in [2.75, 3.05) is 11.9 Å². The van der Waals surface area contributed by atoms with Crippen LogP contribution in [0.4, 0.5) is 5.69 Å². The van der Waals surface area contributed by atoms with E-state index >= 15 is 0 Å². The van der Waals surface area contributed by atoms with Gasteiger partial charge in [0.1, 0.15) is 0 Å².